The summed E-state index contributed by atoms with van der Waals surface area (Å²) in [5, 5.41) is 0. The van der Waals surface area contributed by atoms with Crippen molar-refractivity contribution in [2.24, 2.45) is 35.5 Å². The predicted molar refractivity (Wildman–Crippen MR) is 128 cm³/mol. The standard InChI is InChI=1S/C26H44N2O6/c1-13(2)26(32-9)34-25(31)22-18-10-17(19-11-28(16(7)8)24(30)21(18)19)23(22)33-20(29)12-27(14(3)4)15(5)6/h13-19,21-23,26H,10-12H2,1-9H3. The van der Waals surface area contributed by atoms with Gasteiger partial charge in [0.25, 0.3) is 0 Å². The van der Waals surface area contributed by atoms with Gasteiger partial charge in [-0.05, 0) is 59.8 Å². The zero-order valence-electron chi connectivity index (χ0n) is 22.3. The summed E-state index contributed by atoms with van der Waals surface area (Å²) < 4.78 is 17.2. The minimum atomic E-state index is -0.678. The first kappa shape index (κ1) is 26.9. The number of fused-ring (bicyclic) bond motifs is 5. The molecule has 2 saturated carbocycles. The lowest BCUT2D eigenvalue weighted by molar-refractivity contribution is -0.196. The molecule has 0 spiro atoms. The topological polar surface area (TPSA) is 85.4 Å². The van der Waals surface area contributed by atoms with E-state index in [0.29, 0.717) is 13.0 Å². The van der Waals surface area contributed by atoms with Crippen molar-refractivity contribution in [3.63, 3.8) is 0 Å². The number of ether oxygens (including phenoxy) is 3. The highest BCUT2D eigenvalue weighted by atomic mass is 16.7. The summed E-state index contributed by atoms with van der Waals surface area (Å²) in [6.45, 7) is 16.9. The van der Waals surface area contributed by atoms with Gasteiger partial charge in [0, 0.05) is 49.5 Å². The number of likely N-dealkylation sites (tertiary alicyclic amines) is 1. The maximum absolute atomic E-state index is 13.4. The van der Waals surface area contributed by atoms with E-state index in [1.54, 1.807) is 0 Å². The van der Waals surface area contributed by atoms with Crippen LogP contribution in [0.5, 0.6) is 0 Å². The molecule has 0 aromatic heterocycles. The summed E-state index contributed by atoms with van der Waals surface area (Å²) >= 11 is 0. The Labute approximate surface area is 204 Å². The number of carbonyl (C=O) groups excluding carboxylic acids is 3. The third kappa shape index (κ3) is 4.99. The molecule has 194 valence electrons. The lowest BCUT2D eigenvalue weighted by Gasteiger charge is -2.36. The molecule has 34 heavy (non-hydrogen) atoms. The molecule has 7 unspecified atom stereocenters. The van der Waals surface area contributed by atoms with Crippen LogP contribution < -0.4 is 0 Å². The second-order valence-corrected chi connectivity index (χ2v) is 11.5. The van der Waals surface area contributed by atoms with Crippen molar-refractivity contribution in [2.45, 2.75) is 92.3 Å². The number of esters is 2. The summed E-state index contributed by atoms with van der Waals surface area (Å²) in [4.78, 5) is 43.7. The maximum Gasteiger partial charge on any atom is 0.320 e. The van der Waals surface area contributed by atoms with E-state index in [2.05, 4.69) is 32.6 Å². The van der Waals surface area contributed by atoms with Crippen LogP contribution in [0.25, 0.3) is 0 Å². The molecule has 2 aliphatic carbocycles. The summed E-state index contributed by atoms with van der Waals surface area (Å²) in [5.41, 5.74) is 0. The number of rotatable bonds is 10. The molecule has 0 aromatic carbocycles. The third-order valence-electron chi connectivity index (χ3n) is 8.04. The van der Waals surface area contributed by atoms with E-state index >= 15 is 0 Å². The van der Waals surface area contributed by atoms with Gasteiger partial charge < -0.3 is 19.1 Å². The Balaban J connectivity index is 1.84. The van der Waals surface area contributed by atoms with Gasteiger partial charge in [-0.2, -0.15) is 0 Å². The van der Waals surface area contributed by atoms with E-state index in [4.69, 9.17) is 14.2 Å². The van der Waals surface area contributed by atoms with E-state index in [-0.39, 0.29) is 66.1 Å². The van der Waals surface area contributed by atoms with Crippen molar-refractivity contribution in [3.05, 3.63) is 0 Å². The van der Waals surface area contributed by atoms with Crippen LogP contribution in [0.2, 0.25) is 0 Å². The smallest absolute Gasteiger partial charge is 0.320 e. The van der Waals surface area contributed by atoms with Gasteiger partial charge in [-0.15, -0.1) is 0 Å². The molecule has 1 saturated heterocycles. The Bertz CT molecular complexity index is 758. The predicted octanol–water partition coefficient (Wildman–Crippen LogP) is 2.94. The van der Waals surface area contributed by atoms with Crippen LogP contribution in [0, 0.1) is 35.5 Å². The number of hydrogen-bond acceptors (Lipinski definition) is 7. The van der Waals surface area contributed by atoms with E-state index < -0.39 is 24.3 Å². The molecule has 2 bridgehead atoms. The molecule has 0 aromatic rings. The molecule has 0 N–H and O–H groups in total. The fourth-order valence-corrected chi connectivity index (χ4v) is 6.48. The Morgan fingerprint density at radius 2 is 1.62 bits per heavy atom. The van der Waals surface area contributed by atoms with E-state index in [9.17, 15) is 14.4 Å². The third-order valence-corrected chi connectivity index (χ3v) is 8.04. The molecule has 3 aliphatic rings. The van der Waals surface area contributed by atoms with Crippen molar-refractivity contribution in [1.82, 2.24) is 9.80 Å². The molecule has 7 atom stereocenters. The lowest BCUT2D eigenvalue weighted by Crippen LogP contribution is -2.48. The fraction of sp³-hybridized carbons (Fsp3) is 0.885. The zero-order chi connectivity index (χ0) is 25.5. The molecule has 3 rings (SSSR count). The summed E-state index contributed by atoms with van der Waals surface area (Å²) in [6, 6.07) is 0.491. The average molecular weight is 481 g/mol. The molecular weight excluding hydrogens is 436 g/mol. The Hall–Kier alpha value is -1.67. The van der Waals surface area contributed by atoms with Crippen LogP contribution in [0.1, 0.15) is 61.8 Å². The van der Waals surface area contributed by atoms with Crippen LogP contribution in [0.3, 0.4) is 0 Å². The van der Waals surface area contributed by atoms with Crippen molar-refractivity contribution in [2.75, 3.05) is 20.2 Å². The number of nitrogens with zero attached hydrogens (tertiary/aromatic N) is 2. The van der Waals surface area contributed by atoms with Crippen LogP contribution in [-0.2, 0) is 28.6 Å². The molecule has 0 radical (unpaired) electrons. The molecule has 1 amide bonds. The fourth-order valence-electron chi connectivity index (χ4n) is 6.48. The highest BCUT2D eigenvalue weighted by molar-refractivity contribution is 5.85. The number of methoxy groups -OCH3 is 1. The monoisotopic (exact) mass is 480 g/mol. The van der Waals surface area contributed by atoms with Crippen molar-refractivity contribution in [3.8, 4) is 0 Å². The van der Waals surface area contributed by atoms with Gasteiger partial charge in [0.1, 0.15) is 6.10 Å². The van der Waals surface area contributed by atoms with Crippen molar-refractivity contribution < 1.29 is 28.6 Å². The van der Waals surface area contributed by atoms with Crippen LogP contribution in [0.15, 0.2) is 0 Å². The summed E-state index contributed by atoms with van der Waals surface area (Å²) in [7, 11) is 1.51. The first-order valence-corrected chi connectivity index (χ1v) is 12.9. The highest BCUT2D eigenvalue weighted by Crippen LogP contribution is 2.59. The minimum Gasteiger partial charge on any atom is -0.460 e. The first-order chi connectivity index (χ1) is 15.9. The first-order valence-electron chi connectivity index (χ1n) is 12.9. The molecular formula is C26H44N2O6. The molecule has 8 nitrogen and oxygen atoms in total. The minimum absolute atomic E-state index is 0.0172. The second-order valence-electron chi connectivity index (χ2n) is 11.5. The van der Waals surface area contributed by atoms with Crippen LogP contribution in [-0.4, -0.2) is 78.4 Å². The molecule has 1 heterocycles. The Morgan fingerprint density at radius 3 is 2.12 bits per heavy atom. The normalized spacial score (nSPS) is 31.4. The van der Waals surface area contributed by atoms with E-state index in [1.807, 2.05) is 32.6 Å². The summed E-state index contributed by atoms with van der Waals surface area (Å²) in [5.74, 6) is -1.59. The van der Waals surface area contributed by atoms with Crippen LogP contribution >= 0.6 is 0 Å². The Kier molecular flexibility index (Phi) is 8.33. The van der Waals surface area contributed by atoms with Crippen molar-refractivity contribution in [1.29, 1.82) is 0 Å². The molecule has 1 aliphatic heterocycles. The van der Waals surface area contributed by atoms with E-state index in [0.717, 1.165) is 0 Å². The van der Waals surface area contributed by atoms with Gasteiger partial charge in [-0.25, -0.2) is 0 Å². The number of hydrogen-bond donors (Lipinski definition) is 0. The van der Waals surface area contributed by atoms with Crippen molar-refractivity contribution >= 4 is 17.8 Å². The maximum atomic E-state index is 13.4. The zero-order valence-corrected chi connectivity index (χ0v) is 22.3. The second kappa shape index (κ2) is 10.5. The quantitative estimate of drug-likeness (QED) is 0.351. The van der Waals surface area contributed by atoms with E-state index in [1.165, 1.54) is 7.11 Å². The largest absolute Gasteiger partial charge is 0.460 e. The highest BCUT2D eigenvalue weighted by Gasteiger charge is 2.67. The van der Waals surface area contributed by atoms with Gasteiger partial charge in [-0.3, -0.25) is 19.3 Å². The molecule has 8 heteroatoms. The van der Waals surface area contributed by atoms with Gasteiger partial charge in [0.2, 0.25) is 12.2 Å². The number of carbonyl (C=O) groups is 3. The van der Waals surface area contributed by atoms with Gasteiger partial charge in [0.05, 0.1) is 12.5 Å². The summed E-state index contributed by atoms with van der Waals surface area (Å²) in [6.07, 6.45) is -0.540. The Morgan fingerprint density at radius 1 is 1.00 bits per heavy atom. The SMILES string of the molecule is COC(OC(=O)C1C2CC(C3CN(C(C)C)C(=O)C32)C1OC(=O)CN(C(C)C)C(C)C)C(C)C. The number of amides is 1. The molecule has 3 fully saturated rings. The van der Waals surface area contributed by atoms with Crippen LogP contribution in [0.4, 0.5) is 0 Å². The van der Waals surface area contributed by atoms with Gasteiger partial charge in [0.15, 0.2) is 0 Å². The van der Waals surface area contributed by atoms with Gasteiger partial charge in [-0.1, -0.05) is 13.8 Å². The average Bonchev–Trinajstić information content (AvgIpc) is 3.39. The van der Waals surface area contributed by atoms with Gasteiger partial charge >= 0.3 is 11.9 Å². The lowest BCUT2D eigenvalue weighted by atomic mass is 9.73.